The average Bonchev–Trinajstić information content (AvgIpc) is 2.04. The minimum absolute atomic E-state index is 0.403. The molecule has 3 unspecified atom stereocenters. The first-order valence-corrected chi connectivity index (χ1v) is 4.31. The minimum atomic E-state index is 0.403. The SMILES string of the molecule is CC1COC2CCOCC2N1. The summed E-state index contributed by atoms with van der Waals surface area (Å²) in [5.74, 6) is 0. The molecule has 1 N–H and O–H groups in total. The van der Waals surface area contributed by atoms with Crippen LogP contribution in [0.25, 0.3) is 0 Å². The molecule has 0 aromatic heterocycles. The molecule has 2 heterocycles. The van der Waals surface area contributed by atoms with E-state index in [2.05, 4.69) is 12.2 Å². The summed E-state index contributed by atoms with van der Waals surface area (Å²) in [6.07, 6.45) is 1.45. The van der Waals surface area contributed by atoms with Crippen LogP contribution in [0.2, 0.25) is 0 Å². The van der Waals surface area contributed by atoms with E-state index < -0.39 is 0 Å². The van der Waals surface area contributed by atoms with Crippen molar-refractivity contribution in [3.63, 3.8) is 0 Å². The molecule has 2 rings (SSSR count). The molecule has 2 aliphatic rings. The summed E-state index contributed by atoms with van der Waals surface area (Å²) in [5.41, 5.74) is 0. The maximum Gasteiger partial charge on any atom is 0.0773 e. The normalized spacial score (nSPS) is 45.0. The summed E-state index contributed by atoms with van der Waals surface area (Å²) >= 11 is 0. The second-order valence-corrected chi connectivity index (χ2v) is 3.41. The number of nitrogens with one attached hydrogen (secondary N) is 1. The number of hydrogen-bond acceptors (Lipinski definition) is 3. The van der Waals surface area contributed by atoms with Crippen LogP contribution in [0.1, 0.15) is 13.3 Å². The van der Waals surface area contributed by atoms with E-state index in [1.165, 1.54) is 0 Å². The number of fused-ring (bicyclic) bond motifs is 1. The molecule has 3 atom stereocenters. The lowest BCUT2D eigenvalue weighted by Crippen LogP contribution is -2.57. The quantitative estimate of drug-likeness (QED) is 0.543. The van der Waals surface area contributed by atoms with E-state index in [9.17, 15) is 0 Å². The Bertz CT molecular complexity index is 140. The zero-order chi connectivity index (χ0) is 7.68. The maximum absolute atomic E-state index is 5.65. The summed E-state index contributed by atoms with van der Waals surface area (Å²) < 4.78 is 11.0. The standard InChI is InChI=1S/C8H15NO2/c1-6-4-11-8-2-3-10-5-7(8)9-6/h6-9H,2-5H2,1H3. The molecule has 11 heavy (non-hydrogen) atoms. The Hall–Kier alpha value is -0.120. The van der Waals surface area contributed by atoms with Crippen molar-refractivity contribution in [2.45, 2.75) is 31.5 Å². The Labute approximate surface area is 67.1 Å². The van der Waals surface area contributed by atoms with E-state index in [1.807, 2.05) is 0 Å². The Morgan fingerprint density at radius 2 is 2.27 bits per heavy atom. The number of rotatable bonds is 0. The molecule has 0 saturated carbocycles. The average molecular weight is 157 g/mol. The molecular weight excluding hydrogens is 142 g/mol. The van der Waals surface area contributed by atoms with Crippen LogP contribution in [-0.2, 0) is 9.47 Å². The van der Waals surface area contributed by atoms with Gasteiger partial charge in [-0.2, -0.15) is 0 Å². The molecule has 0 aromatic carbocycles. The van der Waals surface area contributed by atoms with Gasteiger partial charge in [-0.05, 0) is 13.3 Å². The first-order valence-electron chi connectivity index (χ1n) is 4.31. The topological polar surface area (TPSA) is 30.5 Å². The van der Waals surface area contributed by atoms with Gasteiger partial charge in [0.15, 0.2) is 0 Å². The Morgan fingerprint density at radius 1 is 1.36 bits per heavy atom. The summed E-state index contributed by atoms with van der Waals surface area (Å²) in [5, 5.41) is 3.47. The van der Waals surface area contributed by atoms with E-state index in [4.69, 9.17) is 9.47 Å². The van der Waals surface area contributed by atoms with Crippen LogP contribution in [0.15, 0.2) is 0 Å². The van der Waals surface area contributed by atoms with Gasteiger partial charge >= 0.3 is 0 Å². The Balaban J connectivity index is 1.93. The van der Waals surface area contributed by atoms with Gasteiger partial charge in [0.25, 0.3) is 0 Å². The van der Waals surface area contributed by atoms with Gasteiger partial charge in [0.2, 0.25) is 0 Å². The fraction of sp³-hybridized carbons (Fsp3) is 1.00. The van der Waals surface area contributed by atoms with E-state index >= 15 is 0 Å². The molecule has 0 amide bonds. The highest BCUT2D eigenvalue weighted by atomic mass is 16.5. The largest absolute Gasteiger partial charge is 0.380 e. The van der Waals surface area contributed by atoms with Crippen LogP contribution >= 0.6 is 0 Å². The van der Waals surface area contributed by atoms with Gasteiger partial charge in [0.05, 0.1) is 25.4 Å². The van der Waals surface area contributed by atoms with E-state index in [0.717, 1.165) is 26.2 Å². The first kappa shape index (κ1) is 7.53. The van der Waals surface area contributed by atoms with Crippen molar-refractivity contribution < 1.29 is 9.47 Å². The van der Waals surface area contributed by atoms with Crippen molar-refractivity contribution in [3.8, 4) is 0 Å². The molecule has 0 aromatic rings. The van der Waals surface area contributed by atoms with Gasteiger partial charge in [-0.1, -0.05) is 0 Å². The molecule has 0 aliphatic carbocycles. The molecule has 0 radical (unpaired) electrons. The molecule has 64 valence electrons. The second-order valence-electron chi connectivity index (χ2n) is 3.41. The van der Waals surface area contributed by atoms with Gasteiger partial charge in [0, 0.05) is 12.6 Å². The van der Waals surface area contributed by atoms with Gasteiger partial charge in [-0.15, -0.1) is 0 Å². The molecular formula is C8H15NO2. The summed E-state index contributed by atoms with van der Waals surface area (Å²) in [6.45, 7) is 4.66. The highest BCUT2D eigenvalue weighted by Crippen LogP contribution is 2.16. The maximum atomic E-state index is 5.65. The van der Waals surface area contributed by atoms with Gasteiger partial charge in [-0.3, -0.25) is 0 Å². The first-order chi connectivity index (χ1) is 5.36. The molecule has 2 fully saturated rings. The Kier molecular flexibility index (Phi) is 2.11. The van der Waals surface area contributed by atoms with E-state index in [1.54, 1.807) is 0 Å². The third kappa shape index (κ3) is 1.55. The van der Waals surface area contributed by atoms with E-state index in [0.29, 0.717) is 18.2 Å². The number of morpholine rings is 1. The molecule has 0 bridgehead atoms. The lowest BCUT2D eigenvalue weighted by molar-refractivity contribution is -0.0907. The molecule has 2 aliphatic heterocycles. The second kappa shape index (κ2) is 3.09. The summed E-state index contributed by atoms with van der Waals surface area (Å²) in [7, 11) is 0. The zero-order valence-electron chi connectivity index (χ0n) is 6.88. The molecule has 2 saturated heterocycles. The van der Waals surface area contributed by atoms with Crippen LogP contribution in [-0.4, -0.2) is 38.0 Å². The predicted octanol–water partition coefficient (Wildman–Crippen LogP) is 0.152. The van der Waals surface area contributed by atoms with Crippen molar-refractivity contribution in [2.24, 2.45) is 0 Å². The highest BCUT2D eigenvalue weighted by molar-refractivity contribution is 4.86. The number of ether oxygens (including phenoxy) is 2. The zero-order valence-corrected chi connectivity index (χ0v) is 6.88. The fourth-order valence-corrected chi connectivity index (χ4v) is 1.75. The van der Waals surface area contributed by atoms with Gasteiger partial charge in [0.1, 0.15) is 0 Å². The monoisotopic (exact) mass is 157 g/mol. The van der Waals surface area contributed by atoms with Crippen LogP contribution < -0.4 is 5.32 Å². The van der Waals surface area contributed by atoms with E-state index in [-0.39, 0.29) is 0 Å². The van der Waals surface area contributed by atoms with Crippen molar-refractivity contribution >= 4 is 0 Å². The van der Waals surface area contributed by atoms with Crippen molar-refractivity contribution in [1.29, 1.82) is 0 Å². The lowest BCUT2D eigenvalue weighted by atomic mass is 10.0. The van der Waals surface area contributed by atoms with Gasteiger partial charge in [-0.25, -0.2) is 0 Å². The minimum Gasteiger partial charge on any atom is -0.380 e. The third-order valence-electron chi connectivity index (χ3n) is 2.35. The van der Waals surface area contributed by atoms with Crippen LogP contribution in [0.3, 0.4) is 0 Å². The lowest BCUT2D eigenvalue weighted by Gasteiger charge is -2.39. The molecule has 3 nitrogen and oxygen atoms in total. The Morgan fingerprint density at radius 3 is 3.18 bits per heavy atom. The van der Waals surface area contributed by atoms with Crippen LogP contribution in [0.4, 0.5) is 0 Å². The van der Waals surface area contributed by atoms with Crippen LogP contribution in [0.5, 0.6) is 0 Å². The summed E-state index contributed by atoms with van der Waals surface area (Å²) in [4.78, 5) is 0. The predicted molar refractivity (Wildman–Crippen MR) is 41.6 cm³/mol. The third-order valence-corrected chi connectivity index (χ3v) is 2.35. The van der Waals surface area contributed by atoms with Crippen molar-refractivity contribution in [3.05, 3.63) is 0 Å². The van der Waals surface area contributed by atoms with Crippen LogP contribution in [0, 0.1) is 0 Å². The fourth-order valence-electron chi connectivity index (χ4n) is 1.75. The highest BCUT2D eigenvalue weighted by Gasteiger charge is 2.31. The smallest absolute Gasteiger partial charge is 0.0773 e. The van der Waals surface area contributed by atoms with Gasteiger partial charge < -0.3 is 14.8 Å². The molecule has 0 spiro atoms. The number of hydrogen-bond donors (Lipinski definition) is 1. The van der Waals surface area contributed by atoms with Crippen molar-refractivity contribution in [2.75, 3.05) is 19.8 Å². The van der Waals surface area contributed by atoms with Crippen molar-refractivity contribution in [1.82, 2.24) is 5.32 Å². The summed E-state index contributed by atoms with van der Waals surface area (Å²) in [6, 6.07) is 0.922. The molecule has 3 heteroatoms.